The molecule has 0 saturated carbocycles. The van der Waals surface area contributed by atoms with E-state index in [4.69, 9.17) is 18.9 Å². The van der Waals surface area contributed by atoms with Crippen molar-refractivity contribution in [2.45, 2.75) is 72.1 Å². The van der Waals surface area contributed by atoms with Gasteiger partial charge in [-0.3, -0.25) is 4.79 Å². The Labute approximate surface area is 238 Å². The molecule has 1 aromatic carbocycles. The molecule has 1 N–H and O–H groups in total. The third kappa shape index (κ3) is 9.37. The monoisotopic (exact) mass is 569 g/mol. The molecule has 1 unspecified atom stereocenters. The number of carbonyl (C=O) groups excluding carboxylic acids is 2. The van der Waals surface area contributed by atoms with Crippen LogP contribution in [0.2, 0.25) is 25.7 Å². The molecule has 0 aliphatic rings. The fourth-order valence-electron chi connectivity index (χ4n) is 4.18. The number of nitrogens with one attached hydrogen (secondary N) is 1. The number of carbonyl (C=O) groups is 2. The van der Waals surface area contributed by atoms with E-state index in [0.717, 1.165) is 34.8 Å². The molecule has 40 heavy (non-hydrogen) atoms. The van der Waals surface area contributed by atoms with Crippen molar-refractivity contribution in [1.29, 1.82) is 0 Å². The average Bonchev–Trinajstić information content (AvgIpc) is 3.18. The quantitative estimate of drug-likeness (QED) is 0.155. The van der Waals surface area contributed by atoms with Gasteiger partial charge in [0.15, 0.2) is 0 Å². The Balaban J connectivity index is 1.72. The first kappa shape index (κ1) is 31.2. The summed E-state index contributed by atoms with van der Waals surface area (Å²) in [7, 11) is 0.178. The summed E-state index contributed by atoms with van der Waals surface area (Å²) >= 11 is 0. The second kappa shape index (κ2) is 13.3. The van der Waals surface area contributed by atoms with Crippen molar-refractivity contribution in [3.8, 4) is 11.5 Å². The van der Waals surface area contributed by atoms with Crippen LogP contribution in [0.4, 0.5) is 4.79 Å². The number of rotatable bonds is 12. The lowest BCUT2D eigenvalue weighted by Crippen LogP contribution is -2.38. The Morgan fingerprint density at radius 1 is 1.15 bits per heavy atom. The number of aryl methyl sites for hydroxylation is 1. The number of nitrogens with zero attached hydrogens (tertiary/aromatic N) is 2. The number of aromatic nitrogens is 2. The number of hydrogen-bond donors (Lipinski definition) is 1. The molecular formula is C30H43N3O6Si. The van der Waals surface area contributed by atoms with Gasteiger partial charge >= 0.3 is 12.1 Å². The number of fused-ring (bicyclic) bond motifs is 1. The molecular weight excluding hydrogens is 526 g/mol. The van der Waals surface area contributed by atoms with Crippen molar-refractivity contribution >= 4 is 31.2 Å². The van der Waals surface area contributed by atoms with Crippen LogP contribution in [0, 0.1) is 12.8 Å². The van der Waals surface area contributed by atoms with E-state index in [1.165, 1.54) is 7.11 Å². The van der Waals surface area contributed by atoms with Crippen molar-refractivity contribution in [3.63, 3.8) is 0 Å². The topological polar surface area (TPSA) is 101 Å². The van der Waals surface area contributed by atoms with E-state index in [-0.39, 0.29) is 6.54 Å². The van der Waals surface area contributed by atoms with Gasteiger partial charge in [0, 0.05) is 33.6 Å². The normalized spacial score (nSPS) is 12.7. The summed E-state index contributed by atoms with van der Waals surface area (Å²) in [6, 6.07) is 10.5. The summed E-state index contributed by atoms with van der Waals surface area (Å²) in [5, 5.41) is 3.60. The molecule has 3 rings (SSSR count). The van der Waals surface area contributed by atoms with Crippen molar-refractivity contribution in [3.05, 3.63) is 53.9 Å². The summed E-state index contributed by atoms with van der Waals surface area (Å²) in [6.07, 6.45) is 3.54. The molecule has 2 aromatic heterocycles. The predicted molar refractivity (Wildman–Crippen MR) is 159 cm³/mol. The van der Waals surface area contributed by atoms with E-state index in [1.54, 1.807) is 27.0 Å². The lowest BCUT2D eigenvalue weighted by atomic mass is 9.99. The first-order valence-corrected chi connectivity index (χ1v) is 17.3. The standard InChI is InChI=1S/C30H43N3O6Si/c1-21-19-33(20-37-14-15-40(6,7)8)27-26(21)25(12-13-31-27)38-24-11-9-10-22(17-24)16-23(28(34)36-5)18-32-29(35)39-30(2,3)4/h9-13,17,19,23H,14-16,18,20H2,1-8H3,(H,32,35). The zero-order valence-electron chi connectivity index (χ0n) is 25.0. The largest absolute Gasteiger partial charge is 0.469 e. The molecule has 0 spiro atoms. The number of hydrogen-bond acceptors (Lipinski definition) is 7. The van der Waals surface area contributed by atoms with Crippen molar-refractivity contribution in [2.24, 2.45) is 5.92 Å². The van der Waals surface area contributed by atoms with Gasteiger partial charge in [-0.05, 0) is 69.5 Å². The van der Waals surface area contributed by atoms with Gasteiger partial charge in [-0.2, -0.15) is 0 Å². The van der Waals surface area contributed by atoms with E-state index >= 15 is 0 Å². The Kier molecular flexibility index (Phi) is 10.4. The van der Waals surface area contributed by atoms with Crippen LogP contribution in [-0.4, -0.2) is 55.5 Å². The Hall–Kier alpha value is -3.37. The molecule has 2 heterocycles. The summed E-state index contributed by atoms with van der Waals surface area (Å²) in [5.74, 6) is 0.323. The van der Waals surface area contributed by atoms with Crippen molar-refractivity contribution in [2.75, 3.05) is 20.3 Å². The molecule has 0 aliphatic carbocycles. The van der Waals surface area contributed by atoms with Crippen molar-refractivity contribution in [1.82, 2.24) is 14.9 Å². The third-order valence-electron chi connectivity index (χ3n) is 6.17. The number of esters is 1. The number of alkyl carbamates (subject to hydrolysis) is 1. The zero-order valence-corrected chi connectivity index (χ0v) is 26.0. The Morgan fingerprint density at radius 3 is 2.58 bits per heavy atom. The van der Waals surface area contributed by atoms with E-state index in [0.29, 0.717) is 24.7 Å². The van der Waals surface area contributed by atoms with Gasteiger partial charge in [0.25, 0.3) is 0 Å². The lowest BCUT2D eigenvalue weighted by Gasteiger charge is -2.21. The second-order valence-electron chi connectivity index (χ2n) is 12.2. The summed E-state index contributed by atoms with van der Waals surface area (Å²) in [5.41, 5.74) is 2.09. The van der Waals surface area contributed by atoms with Crippen LogP contribution in [0.3, 0.4) is 0 Å². The van der Waals surface area contributed by atoms with Crippen LogP contribution >= 0.6 is 0 Å². The highest BCUT2D eigenvalue weighted by Gasteiger charge is 2.23. The predicted octanol–water partition coefficient (Wildman–Crippen LogP) is 6.31. The molecule has 0 fully saturated rings. The first-order valence-electron chi connectivity index (χ1n) is 13.6. The highest BCUT2D eigenvalue weighted by molar-refractivity contribution is 6.76. The van der Waals surface area contributed by atoms with Crippen LogP contribution in [0.1, 0.15) is 31.9 Å². The molecule has 0 aliphatic heterocycles. The van der Waals surface area contributed by atoms with Gasteiger partial charge in [0.05, 0.1) is 18.4 Å². The van der Waals surface area contributed by atoms with Gasteiger partial charge in [-0.1, -0.05) is 31.8 Å². The third-order valence-corrected chi connectivity index (χ3v) is 7.87. The van der Waals surface area contributed by atoms with Crippen LogP contribution < -0.4 is 10.1 Å². The lowest BCUT2D eigenvalue weighted by molar-refractivity contribution is -0.145. The number of amides is 1. The van der Waals surface area contributed by atoms with Crippen LogP contribution in [0.25, 0.3) is 11.0 Å². The van der Waals surface area contributed by atoms with Gasteiger partial charge in [0.1, 0.15) is 29.5 Å². The Bertz CT molecular complexity index is 1310. The van der Waals surface area contributed by atoms with Gasteiger partial charge < -0.3 is 28.8 Å². The minimum Gasteiger partial charge on any atom is -0.469 e. The van der Waals surface area contributed by atoms with Gasteiger partial charge in [-0.25, -0.2) is 9.78 Å². The molecule has 218 valence electrons. The van der Waals surface area contributed by atoms with E-state index in [1.807, 2.05) is 48.0 Å². The van der Waals surface area contributed by atoms with Gasteiger partial charge in [0.2, 0.25) is 0 Å². The van der Waals surface area contributed by atoms with Crippen molar-refractivity contribution < 1.29 is 28.5 Å². The summed E-state index contributed by atoms with van der Waals surface area (Å²) < 4.78 is 24.6. The summed E-state index contributed by atoms with van der Waals surface area (Å²) in [6.45, 7) is 15.6. The molecule has 1 amide bonds. The van der Waals surface area contributed by atoms with Crippen LogP contribution in [0.5, 0.6) is 11.5 Å². The zero-order chi connectivity index (χ0) is 29.5. The average molecular weight is 570 g/mol. The maximum atomic E-state index is 12.5. The number of ether oxygens (including phenoxy) is 4. The van der Waals surface area contributed by atoms with Crippen LogP contribution in [-0.2, 0) is 32.2 Å². The molecule has 0 saturated heterocycles. The number of pyridine rings is 1. The highest BCUT2D eigenvalue weighted by atomic mass is 28.3. The number of benzene rings is 1. The first-order chi connectivity index (χ1) is 18.8. The van der Waals surface area contributed by atoms with E-state index < -0.39 is 31.7 Å². The molecule has 0 radical (unpaired) electrons. The minimum absolute atomic E-state index is 0.0877. The maximum absolute atomic E-state index is 12.5. The second-order valence-corrected chi connectivity index (χ2v) is 17.8. The minimum atomic E-state index is -1.16. The van der Waals surface area contributed by atoms with E-state index in [9.17, 15) is 9.59 Å². The van der Waals surface area contributed by atoms with E-state index in [2.05, 4.69) is 29.9 Å². The summed E-state index contributed by atoms with van der Waals surface area (Å²) in [4.78, 5) is 29.2. The fraction of sp³-hybridized carbons (Fsp3) is 0.500. The van der Waals surface area contributed by atoms with Crippen LogP contribution in [0.15, 0.2) is 42.7 Å². The van der Waals surface area contributed by atoms with Gasteiger partial charge in [-0.15, -0.1) is 0 Å². The highest BCUT2D eigenvalue weighted by Crippen LogP contribution is 2.33. The smallest absolute Gasteiger partial charge is 0.407 e. The molecule has 3 aromatic rings. The maximum Gasteiger partial charge on any atom is 0.407 e. The number of methoxy groups -OCH3 is 1. The molecule has 10 heteroatoms. The molecule has 1 atom stereocenters. The molecule has 0 bridgehead atoms. The Morgan fingerprint density at radius 2 is 1.90 bits per heavy atom. The molecule has 9 nitrogen and oxygen atoms in total. The SMILES string of the molecule is COC(=O)C(CNC(=O)OC(C)(C)C)Cc1cccc(Oc2ccnc3c2c(C)cn3COCC[Si](C)(C)C)c1. The fourth-order valence-corrected chi connectivity index (χ4v) is 4.94.